The number of esters is 1. The van der Waals surface area contributed by atoms with Crippen LogP contribution in [0.4, 0.5) is 0 Å². The lowest BCUT2D eigenvalue weighted by Gasteiger charge is -2.33. The van der Waals surface area contributed by atoms with E-state index in [9.17, 15) is 19.5 Å². The lowest BCUT2D eigenvalue weighted by Crippen LogP contribution is -2.49. The molecular weight excluding hydrogens is 238 g/mol. The van der Waals surface area contributed by atoms with Crippen LogP contribution in [0.3, 0.4) is 0 Å². The van der Waals surface area contributed by atoms with Crippen molar-refractivity contribution in [3.05, 3.63) is 0 Å². The minimum absolute atomic E-state index is 0.478. The topological polar surface area (TPSA) is 83.9 Å². The number of carbonyl (C=O) groups is 3. The Morgan fingerprint density at radius 2 is 2.11 bits per heavy atom. The molecule has 1 aliphatic heterocycles. The summed E-state index contributed by atoms with van der Waals surface area (Å²) in [4.78, 5) is 35.9. The number of hydrogen-bond donors (Lipinski definition) is 1. The molecule has 6 heteroatoms. The Bertz CT molecular complexity index is 426. The maximum Gasteiger partial charge on any atom is 0.303 e. The summed E-state index contributed by atoms with van der Waals surface area (Å²) in [6.45, 7) is 1.09. The van der Waals surface area contributed by atoms with Crippen molar-refractivity contribution in [3.63, 3.8) is 0 Å². The van der Waals surface area contributed by atoms with Crippen molar-refractivity contribution in [2.24, 2.45) is 0 Å². The van der Waals surface area contributed by atoms with E-state index in [4.69, 9.17) is 1.37 Å². The third-order valence-corrected chi connectivity index (χ3v) is 3.33. The molecule has 2 rings (SSSR count). The van der Waals surface area contributed by atoms with Gasteiger partial charge in [0.25, 0.3) is 5.91 Å². The molecular formula is C12H17NO5. The molecule has 2 aliphatic rings. The van der Waals surface area contributed by atoms with Crippen LogP contribution in [0.1, 0.15) is 40.4 Å². The van der Waals surface area contributed by atoms with Gasteiger partial charge in [-0.1, -0.05) is 12.8 Å². The number of rotatable bonds is 2. The first kappa shape index (κ1) is 11.6. The molecule has 1 N–H and O–H groups in total. The number of aliphatic hydroxyl groups excluding tert-OH is 1. The highest BCUT2D eigenvalue weighted by molar-refractivity contribution is 6.06. The highest BCUT2D eigenvalue weighted by Crippen LogP contribution is 2.28. The number of nitrogens with zero attached hydrogens (tertiary/aromatic N) is 1. The SMILES string of the molecule is [2H]C1(OC(C)=O)CC(=O)N([C@@H]2CCCC[C@H]2O)C1=O. The molecule has 0 aromatic heterocycles. The van der Waals surface area contributed by atoms with E-state index in [1.807, 2.05) is 0 Å². The molecule has 1 unspecified atom stereocenters. The van der Waals surface area contributed by atoms with Gasteiger partial charge in [-0.15, -0.1) is 0 Å². The maximum atomic E-state index is 12.1. The summed E-state index contributed by atoms with van der Waals surface area (Å²) >= 11 is 0. The van der Waals surface area contributed by atoms with Crippen LogP contribution >= 0.6 is 0 Å². The van der Waals surface area contributed by atoms with Crippen molar-refractivity contribution >= 4 is 17.8 Å². The lowest BCUT2D eigenvalue weighted by molar-refractivity contribution is -0.157. The van der Waals surface area contributed by atoms with E-state index in [-0.39, 0.29) is 0 Å². The number of aliphatic hydroxyl groups is 1. The van der Waals surface area contributed by atoms with Gasteiger partial charge in [0.15, 0.2) is 6.08 Å². The fourth-order valence-corrected chi connectivity index (χ4v) is 2.53. The van der Waals surface area contributed by atoms with Crippen LogP contribution in [0.25, 0.3) is 0 Å². The highest BCUT2D eigenvalue weighted by atomic mass is 16.5. The fourth-order valence-electron chi connectivity index (χ4n) is 2.53. The third kappa shape index (κ3) is 2.38. The van der Waals surface area contributed by atoms with Crippen LogP contribution in [-0.2, 0) is 19.1 Å². The minimum atomic E-state index is -2.17. The van der Waals surface area contributed by atoms with Crippen molar-refractivity contribution in [2.75, 3.05) is 0 Å². The van der Waals surface area contributed by atoms with Crippen LogP contribution in [0.15, 0.2) is 0 Å². The van der Waals surface area contributed by atoms with Gasteiger partial charge in [-0.25, -0.2) is 0 Å². The van der Waals surface area contributed by atoms with E-state index in [1.54, 1.807) is 0 Å². The van der Waals surface area contributed by atoms with E-state index in [2.05, 4.69) is 4.74 Å². The van der Waals surface area contributed by atoms with Crippen molar-refractivity contribution in [1.29, 1.82) is 0 Å². The molecule has 2 fully saturated rings. The van der Waals surface area contributed by atoms with E-state index in [1.165, 1.54) is 0 Å². The highest BCUT2D eigenvalue weighted by Gasteiger charge is 2.46. The molecule has 0 aromatic rings. The van der Waals surface area contributed by atoms with Crippen molar-refractivity contribution < 1.29 is 25.6 Å². The molecule has 1 saturated carbocycles. The molecule has 0 bridgehead atoms. The Kier molecular flexibility index (Phi) is 3.27. The van der Waals surface area contributed by atoms with Crippen LogP contribution in [-0.4, -0.2) is 46.0 Å². The summed E-state index contributed by atoms with van der Waals surface area (Å²) in [5.74, 6) is -2.19. The second-order valence-corrected chi connectivity index (χ2v) is 4.68. The van der Waals surface area contributed by atoms with Gasteiger partial charge in [-0.05, 0) is 12.8 Å². The Hall–Kier alpha value is -1.43. The Labute approximate surface area is 106 Å². The number of likely N-dealkylation sites (tertiary alicyclic amines) is 1. The number of carbonyl (C=O) groups excluding carboxylic acids is 3. The predicted molar refractivity (Wildman–Crippen MR) is 60.3 cm³/mol. The first-order chi connectivity index (χ1) is 8.85. The smallest absolute Gasteiger partial charge is 0.303 e. The molecule has 0 spiro atoms. The Morgan fingerprint density at radius 3 is 2.72 bits per heavy atom. The zero-order chi connectivity index (χ0) is 14.2. The monoisotopic (exact) mass is 256 g/mol. The van der Waals surface area contributed by atoms with E-state index < -0.39 is 42.4 Å². The largest absolute Gasteiger partial charge is 0.452 e. The van der Waals surface area contributed by atoms with Gasteiger partial charge in [0.1, 0.15) is 0 Å². The first-order valence-electron chi connectivity index (χ1n) is 6.59. The predicted octanol–water partition coefficient (Wildman–Crippen LogP) is -0.0195. The second-order valence-electron chi connectivity index (χ2n) is 4.68. The maximum absolute atomic E-state index is 12.1. The van der Waals surface area contributed by atoms with Gasteiger partial charge in [-0.3, -0.25) is 19.3 Å². The number of hydrogen-bond acceptors (Lipinski definition) is 5. The van der Waals surface area contributed by atoms with Crippen LogP contribution in [0.2, 0.25) is 0 Å². The summed E-state index contributed by atoms with van der Waals surface area (Å²) in [6, 6.07) is -0.600. The summed E-state index contributed by atoms with van der Waals surface area (Å²) in [6.07, 6.45) is -0.688. The van der Waals surface area contributed by atoms with Gasteiger partial charge in [0.2, 0.25) is 5.91 Å². The van der Waals surface area contributed by atoms with Gasteiger partial charge in [0, 0.05) is 6.92 Å². The number of amides is 2. The quantitative estimate of drug-likeness (QED) is 0.554. The molecule has 1 aliphatic carbocycles. The van der Waals surface area contributed by atoms with E-state index in [0.29, 0.717) is 12.8 Å². The molecule has 2 amide bonds. The zero-order valence-corrected chi connectivity index (χ0v) is 10.2. The normalized spacial score (nSPS) is 37.7. The molecule has 1 heterocycles. The minimum Gasteiger partial charge on any atom is -0.452 e. The number of ether oxygens (including phenoxy) is 1. The molecule has 100 valence electrons. The molecule has 6 nitrogen and oxygen atoms in total. The summed E-state index contributed by atoms with van der Waals surface area (Å²) in [7, 11) is 0. The molecule has 0 radical (unpaired) electrons. The van der Waals surface area contributed by atoms with E-state index in [0.717, 1.165) is 24.7 Å². The zero-order valence-electron chi connectivity index (χ0n) is 11.2. The summed E-state index contributed by atoms with van der Waals surface area (Å²) in [5, 5.41) is 9.90. The van der Waals surface area contributed by atoms with Crippen LogP contribution < -0.4 is 0 Å². The van der Waals surface area contributed by atoms with Crippen LogP contribution in [0.5, 0.6) is 0 Å². The summed E-state index contributed by atoms with van der Waals surface area (Å²) < 4.78 is 12.5. The third-order valence-electron chi connectivity index (χ3n) is 3.33. The van der Waals surface area contributed by atoms with Crippen molar-refractivity contribution in [1.82, 2.24) is 4.90 Å². The van der Waals surface area contributed by atoms with Gasteiger partial charge < -0.3 is 9.84 Å². The lowest BCUT2D eigenvalue weighted by atomic mass is 9.91. The van der Waals surface area contributed by atoms with Gasteiger partial charge in [0.05, 0.1) is 19.9 Å². The molecule has 18 heavy (non-hydrogen) atoms. The van der Waals surface area contributed by atoms with Crippen molar-refractivity contribution in [3.8, 4) is 0 Å². The molecule has 0 aromatic carbocycles. The average Bonchev–Trinajstić information content (AvgIpc) is 2.50. The van der Waals surface area contributed by atoms with Crippen LogP contribution in [0, 0.1) is 0 Å². The fraction of sp³-hybridized carbons (Fsp3) is 0.750. The first-order valence-corrected chi connectivity index (χ1v) is 6.09. The van der Waals surface area contributed by atoms with Crippen molar-refractivity contribution in [2.45, 2.75) is 57.3 Å². The van der Waals surface area contributed by atoms with Gasteiger partial charge in [-0.2, -0.15) is 0 Å². The molecule has 1 saturated heterocycles. The number of imide groups is 1. The Balaban J connectivity index is 2.20. The van der Waals surface area contributed by atoms with Gasteiger partial charge >= 0.3 is 5.97 Å². The summed E-state index contributed by atoms with van der Waals surface area (Å²) in [5.41, 5.74) is 0. The Morgan fingerprint density at radius 1 is 1.44 bits per heavy atom. The standard InChI is InChI=1S/C12H17NO5/c1-7(14)18-10-6-11(16)13(12(10)17)8-4-2-3-5-9(8)15/h8-10,15H,2-6H2,1H3/t8-,9-,10?/m1/s1/i10D. The second kappa shape index (κ2) is 5.06. The molecule has 3 atom stereocenters. The average molecular weight is 256 g/mol. The van der Waals surface area contributed by atoms with E-state index >= 15 is 0 Å².